The molecule has 94 valence electrons. The van der Waals surface area contributed by atoms with Crippen LogP contribution >= 0.6 is 11.8 Å². The highest BCUT2D eigenvalue weighted by Crippen LogP contribution is 2.22. The maximum Gasteiger partial charge on any atom is 0.157 e. The highest BCUT2D eigenvalue weighted by Gasteiger charge is 2.19. The molecular formula is C13H26N2S. The van der Waals surface area contributed by atoms with Gasteiger partial charge >= 0.3 is 0 Å². The molecule has 0 aromatic heterocycles. The van der Waals surface area contributed by atoms with Crippen molar-refractivity contribution < 1.29 is 0 Å². The molecule has 0 saturated carbocycles. The van der Waals surface area contributed by atoms with Crippen molar-refractivity contribution in [2.75, 3.05) is 5.75 Å². The van der Waals surface area contributed by atoms with E-state index in [4.69, 9.17) is 4.99 Å². The largest absolute Gasteiger partial charge is 0.362 e. The lowest BCUT2D eigenvalue weighted by Gasteiger charge is -2.26. The lowest BCUT2D eigenvalue weighted by atomic mass is 10.0. The number of amidine groups is 1. The summed E-state index contributed by atoms with van der Waals surface area (Å²) in [5, 5.41) is 4.79. The zero-order valence-corrected chi connectivity index (χ0v) is 11.9. The molecule has 0 fully saturated rings. The van der Waals surface area contributed by atoms with Crippen molar-refractivity contribution in [1.29, 1.82) is 0 Å². The van der Waals surface area contributed by atoms with Gasteiger partial charge in [-0.05, 0) is 25.2 Å². The van der Waals surface area contributed by atoms with E-state index in [1.54, 1.807) is 0 Å². The molecule has 1 N–H and O–H groups in total. The van der Waals surface area contributed by atoms with Crippen molar-refractivity contribution >= 4 is 16.9 Å². The van der Waals surface area contributed by atoms with Crippen LogP contribution in [0, 0.1) is 5.92 Å². The third kappa shape index (κ3) is 4.36. The van der Waals surface area contributed by atoms with Gasteiger partial charge in [0.15, 0.2) is 5.17 Å². The summed E-state index contributed by atoms with van der Waals surface area (Å²) in [4.78, 5) is 4.82. The summed E-state index contributed by atoms with van der Waals surface area (Å²) in [6.07, 6.45) is 4.93. The number of rotatable bonds is 5. The molecule has 16 heavy (non-hydrogen) atoms. The predicted octanol–water partition coefficient (Wildman–Crippen LogP) is 3.67. The van der Waals surface area contributed by atoms with E-state index in [1.165, 1.54) is 36.6 Å². The van der Waals surface area contributed by atoms with Crippen molar-refractivity contribution in [3.05, 3.63) is 0 Å². The van der Waals surface area contributed by atoms with E-state index >= 15 is 0 Å². The minimum Gasteiger partial charge on any atom is -0.362 e. The van der Waals surface area contributed by atoms with Gasteiger partial charge in [0, 0.05) is 11.8 Å². The van der Waals surface area contributed by atoms with Crippen molar-refractivity contribution in [2.45, 2.75) is 65.5 Å². The molecule has 1 heterocycles. The average molecular weight is 242 g/mol. The first kappa shape index (κ1) is 13.9. The number of nitrogens with zero attached hydrogens (tertiary/aromatic N) is 1. The van der Waals surface area contributed by atoms with Gasteiger partial charge in [0.2, 0.25) is 0 Å². The molecule has 2 atom stereocenters. The Balaban J connectivity index is 2.51. The molecule has 0 aliphatic carbocycles. The van der Waals surface area contributed by atoms with Gasteiger partial charge in [-0.3, -0.25) is 4.99 Å². The topological polar surface area (TPSA) is 24.4 Å². The van der Waals surface area contributed by atoms with E-state index in [2.05, 4.69) is 33.0 Å². The van der Waals surface area contributed by atoms with Gasteiger partial charge in [0.05, 0.1) is 6.04 Å². The zero-order valence-electron chi connectivity index (χ0n) is 11.1. The molecule has 0 radical (unpaired) electrons. The third-order valence-corrected chi connectivity index (χ3v) is 4.10. The Morgan fingerprint density at radius 1 is 1.44 bits per heavy atom. The van der Waals surface area contributed by atoms with Gasteiger partial charge in [-0.1, -0.05) is 45.9 Å². The summed E-state index contributed by atoms with van der Waals surface area (Å²) in [5.74, 6) is 1.89. The van der Waals surface area contributed by atoms with Crippen molar-refractivity contribution in [3.8, 4) is 0 Å². The minimum atomic E-state index is 0.530. The smallest absolute Gasteiger partial charge is 0.157 e. The molecule has 0 aromatic rings. The molecule has 1 aliphatic rings. The van der Waals surface area contributed by atoms with Crippen LogP contribution in [0.5, 0.6) is 0 Å². The standard InChI is InChI=1S/C13H26N2S/c1-5-7-11(6-2)14-13-15-12(10(3)4)8-9-16-13/h10-12H,5-9H2,1-4H3,(H,14,15). The quantitative estimate of drug-likeness (QED) is 0.795. The van der Waals surface area contributed by atoms with Crippen molar-refractivity contribution in [1.82, 2.24) is 5.32 Å². The Morgan fingerprint density at radius 2 is 2.19 bits per heavy atom. The summed E-state index contributed by atoms with van der Waals surface area (Å²) < 4.78 is 0. The Morgan fingerprint density at radius 3 is 2.75 bits per heavy atom. The monoisotopic (exact) mass is 242 g/mol. The Kier molecular flexibility index (Phi) is 6.25. The van der Waals surface area contributed by atoms with Gasteiger partial charge in [-0.2, -0.15) is 0 Å². The Labute approximate surface area is 105 Å². The molecule has 1 rings (SSSR count). The first-order valence-electron chi connectivity index (χ1n) is 6.64. The lowest BCUT2D eigenvalue weighted by Crippen LogP contribution is -2.36. The number of thioether (sulfide) groups is 1. The normalized spacial score (nSPS) is 23.1. The van der Waals surface area contributed by atoms with Crippen LogP contribution in [0.1, 0.15) is 53.4 Å². The lowest BCUT2D eigenvalue weighted by molar-refractivity contribution is 0.477. The van der Waals surface area contributed by atoms with Crippen LogP contribution in [0.4, 0.5) is 0 Å². The molecule has 0 aromatic carbocycles. The Hall–Kier alpha value is -0.180. The average Bonchev–Trinajstić information content (AvgIpc) is 2.29. The summed E-state index contributed by atoms with van der Waals surface area (Å²) in [7, 11) is 0. The van der Waals surface area contributed by atoms with Gasteiger partial charge in [-0.15, -0.1) is 0 Å². The fourth-order valence-corrected chi connectivity index (χ4v) is 3.00. The molecule has 1 aliphatic heterocycles. The van der Waals surface area contributed by atoms with Crippen molar-refractivity contribution in [3.63, 3.8) is 0 Å². The molecule has 2 unspecified atom stereocenters. The number of nitrogens with one attached hydrogen (secondary N) is 1. The van der Waals surface area contributed by atoms with E-state index in [9.17, 15) is 0 Å². The summed E-state index contributed by atoms with van der Waals surface area (Å²) in [5.41, 5.74) is 0. The number of aliphatic imine (C=N–C) groups is 1. The second-order valence-electron chi connectivity index (χ2n) is 4.92. The van der Waals surface area contributed by atoms with Gasteiger partial charge in [0.25, 0.3) is 0 Å². The van der Waals surface area contributed by atoms with Gasteiger partial charge < -0.3 is 5.32 Å². The molecule has 0 bridgehead atoms. The SMILES string of the molecule is CCCC(CC)NC1=NC(C(C)C)CCS1. The summed E-state index contributed by atoms with van der Waals surface area (Å²) >= 11 is 1.89. The Bertz CT molecular complexity index is 226. The van der Waals surface area contributed by atoms with Gasteiger partial charge in [-0.25, -0.2) is 0 Å². The predicted molar refractivity (Wildman–Crippen MR) is 75.3 cm³/mol. The molecule has 0 spiro atoms. The van der Waals surface area contributed by atoms with E-state index in [1.807, 2.05) is 11.8 Å². The summed E-state index contributed by atoms with van der Waals surface area (Å²) in [6.45, 7) is 9.04. The van der Waals surface area contributed by atoms with E-state index in [0.717, 1.165) is 0 Å². The van der Waals surface area contributed by atoms with Crippen molar-refractivity contribution in [2.24, 2.45) is 10.9 Å². The molecular weight excluding hydrogens is 216 g/mol. The highest BCUT2D eigenvalue weighted by atomic mass is 32.2. The fourth-order valence-electron chi connectivity index (χ4n) is 1.99. The zero-order chi connectivity index (χ0) is 12.0. The maximum absolute atomic E-state index is 4.82. The van der Waals surface area contributed by atoms with E-state index in [-0.39, 0.29) is 0 Å². The van der Waals surface area contributed by atoms with Crippen LogP contribution in [0.15, 0.2) is 4.99 Å². The van der Waals surface area contributed by atoms with Crippen LogP contribution in [0.2, 0.25) is 0 Å². The number of hydrogen-bond donors (Lipinski definition) is 1. The fraction of sp³-hybridized carbons (Fsp3) is 0.923. The van der Waals surface area contributed by atoms with Crippen LogP contribution in [-0.4, -0.2) is 23.0 Å². The highest BCUT2D eigenvalue weighted by molar-refractivity contribution is 8.13. The van der Waals surface area contributed by atoms with E-state index < -0.39 is 0 Å². The number of hydrogen-bond acceptors (Lipinski definition) is 3. The summed E-state index contributed by atoms with van der Waals surface area (Å²) in [6, 6.07) is 1.14. The molecule has 3 heteroatoms. The second kappa shape index (κ2) is 7.21. The van der Waals surface area contributed by atoms with Crippen LogP contribution in [-0.2, 0) is 0 Å². The van der Waals surface area contributed by atoms with Crippen LogP contribution < -0.4 is 5.32 Å². The second-order valence-corrected chi connectivity index (χ2v) is 6.00. The molecule has 0 amide bonds. The minimum absolute atomic E-state index is 0.530. The first-order valence-corrected chi connectivity index (χ1v) is 7.63. The molecule has 0 saturated heterocycles. The third-order valence-electron chi connectivity index (χ3n) is 3.16. The maximum atomic E-state index is 4.82. The van der Waals surface area contributed by atoms with E-state index in [0.29, 0.717) is 18.0 Å². The first-order chi connectivity index (χ1) is 7.67. The van der Waals surface area contributed by atoms with Gasteiger partial charge in [0.1, 0.15) is 0 Å². The van der Waals surface area contributed by atoms with Crippen LogP contribution in [0.25, 0.3) is 0 Å². The van der Waals surface area contributed by atoms with Crippen LogP contribution in [0.3, 0.4) is 0 Å². The molecule has 2 nitrogen and oxygen atoms in total.